The van der Waals surface area contributed by atoms with Crippen molar-refractivity contribution in [2.45, 2.75) is 31.4 Å². The van der Waals surface area contributed by atoms with Crippen molar-refractivity contribution < 1.29 is 14.6 Å². The summed E-state index contributed by atoms with van der Waals surface area (Å²) in [6.07, 6.45) is 5.25. The molecule has 0 unspecified atom stereocenters. The Morgan fingerprint density at radius 2 is 2.29 bits per heavy atom. The zero-order valence-corrected chi connectivity index (χ0v) is 13.6. The third kappa shape index (κ3) is 2.67. The Kier molecular flexibility index (Phi) is 3.76. The molecule has 1 amide bonds. The third-order valence-corrected chi connectivity index (χ3v) is 5.03. The van der Waals surface area contributed by atoms with E-state index in [0.717, 1.165) is 17.7 Å². The summed E-state index contributed by atoms with van der Waals surface area (Å²) in [4.78, 5) is 16.6. The maximum Gasteiger partial charge on any atom is 0.270 e. The van der Waals surface area contributed by atoms with E-state index < -0.39 is 0 Å². The molecule has 1 saturated carbocycles. The highest BCUT2D eigenvalue weighted by molar-refractivity contribution is 5.92. The standard InChI is InChI=1S/C18H21N3O3/c1-21-10-19-9-15(21)18(23)20-17(13-7-14(22)8-13)12-2-3-16-11(6-12)4-5-24-16/h2-3,6,9-10,13-14,17,22H,4-5,7-8H2,1H3,(H,20,23)/t13?,14?,17-/m0/s1. The normalized spacial score (nSPS) is 23.1. The van der Waals surface area contributed by atoms with Crippen LogP contribution in [0.2, 0.25) is 0 Å². The quantitative estimate of drug-likeness (QED) is 0.894. The first-order valence-electron chi connectivity index (χ1n) is 8.32. The van der Waals surface area contributed by atoms with E-state index in [2.05, 4.69) is 16.4 Å². The summed E-state index contributed by atoms with van der Waals surface area (Å²) in [5.41, 5.74) is 2.79. The number of aromatic nitrogens is 2. The molecule has 0 saturated heterocycles. The molecular formula is C18H21N3O3. The summed E-state index contributed by atoms with van der Waals surface area (Å²) in [5.74, 6) is 1.04. The lowest BCUT2D eigenvalue weighted by Crippen LogP contribution is -2.41. The molecule has 2 heterocycles. The molecule has 6 nitrogen and oxygen atoms in total. The molecule has 6 heteroatoms. The SMILES string of the molecule is Cn1cncc1C(=O)N[C@@H](c1ccc2c(c1)CCO2)C1CC(O)C1. The van der Waals surface area contributed by atoms with Crippen LogP contribution in [0.1, 0.15) is 40.5 Å². The van der Waals surface area contributed by atoms with Crippen LogP contribution in [-0.2, 0) is 13.5 Å². The number of carbonyl (C=O) groups excluding carboxylic acids is 1. The van der Waals surface area contributed by atoms with E-state index in [1.807, 2.05) is 12.1 Å². The number of imidazole rings is 1. The second-order valence-electron chi connectivity index (χ2n) is 6.69. The number of fused-ring (bicyclic) bond motifs is 1. The number of aliphatic hydroxyl groups excluding tert-OH is 1. The zero-order valence-electron chi connectivity index (χ0n) is 13.6. The van der Waals surface area contributed by atoms with Crippen LogP contribution >= 0.6 is 0 Å². The number of ether oxygens (including phenoxy) is 1. The summed E-state index contributed by atoms with van der Waals surface area (Å²) in [6.45, 7) is 0.715. The maximum atomic E-state index is 12.6. The molecule has 1 aromatic heterocycles. The molecule has 1 aliphatic heterocycles. The van der Waals surface area contributed by atoms with Gasteiger partial charge in [-0.1, -0.05) is 6.07 Å². The number of rotatable bonds is 4. The minimum atomic E-state index is -0.260. The molecule has 126 valence electrons. The van der Waals surface area contributed by atoms with Crippen molar-refractivity contribution in [2.75, 3.05) is 6.61 Å². The van der Waals surface area contributed by atoms with Gasteiger partial charge < -0.3 is 19.7 Å². The highest BCUT2D eigenvalue weighted by atomic mass is 16.5. The van der Waals surface area contributed by atoms with E-state index in [9.17, 15) is 9.90 Å². The first kappa shape index (κ1) is 15.2. The van der Waals surface area contributed by atoms with E-state index in [-0.39, 0.29) is 24.0 Å². The summed E-state index contributed by atoms with van der Waals surface area (Å²) in [5, 5.41) is 12.8. The summed E-state index contributed by atoms with van der Waals surface area (Å²) in [6, 6.07) is 6.02. The van der Waals surface area contributed by atoms with Crippen molar-refractivity contribution in [1.29, 1.82) is 0 Å². The summed E-state index contributed by atoms with van der Waals surface area (Å²) >= 11 is 0. The maximum absolute atomic E-state index is 12.6. The molecule has 2 aliphatic rings. The van der Waals surface area contributed by atoms with Gasteiger partial charge in [0.1, 0.15) is 11.4 Å². The topological polar surface area (TPSA) is 76.4 Å². The molecule has 1 atom stereocenters. The Hall–Kier alpha value is -2.34. The Balaban J connectivity index is 1.60. The molecule has 1 aliphatic carbocycles. The van der Waals surface area contributed by atoms with Crippen LogP contribution in [0.25, 0.3) is 0 Å². The summed E-state index contributed by atoms with van der Waals surface area (Å²) < 4.78 is 7.27. The van der Waals surface area contributed by atoms with Gasteiger partial charge in [0.15, 0.2) is 0 Å². The van der Waals surface area contributed by atoms with Gasteiger partial charge in [0, 0.05) is 13.5 Å². The molecule has 1 aromatic carbocycles. The number of nitrogens with zero attached hydrogens (tertiary/aromatic N) is 2. The highest BCUT2D eigenvalue weighted by Gasteiger charge is 2.36. The highest BCUT2D eigenvalue weighted by Crippen LogP contribution is 2.39. The lowest BCUT2D eigenvalue weighted by Gasteiger charge is -2.38. The van der Waals surface area contributed by atoms with Gasteiger partial charge in [0.05, 0.1) is 31.3 Å². The van der Waals surface area contributed by atoms with Crippen LogP contribution < -0.4 is 10.1 Å². The van der Waals surface area contributed by atoms with Gasteiger partial charge in [-0.25, -0.2) is 4.98 Å². The first-order valence-corrected chi connectivity index (χ1v) is 8.32. The third-order valence-electron chi connectivity index (χ3n) is 5.03. The van der Waals surface area contributed by atoms with Gasteiger partial charge in [-0.2, -0.15) is 0 Å². The number of aryl methyl sites for hydroxylation is 1. The van der Waals surface area contributed by atoms with E-state index in [4.69, 9.17) is 4.74 Å². The van der Waals surface area contributed by atoms with E-state index in [1.165, 1.54) is 5.56 Å². The van der Waals surface area contributed by atoms with E-state index in [0.29, 0.717) is 25.1 Å². The van der Waals surface area contributed by atoms with Crippen molar-refractivity contribution in [2.24, 2.45) is 13.0 Å². The van der Waals surface area contributed by atoms with Crippen LogP contribution in [0.5, 0.6) is 5.75 Å². The molecule has 2 aromatic rings. The van der Waals surface area contributed by atoms with Crippen LogP contribution in [0.15, 0.2) is 30.7 Å². The van der Waals surface area contributed by atoms with Crippen molar-refractivity contribution in [3.63, 3.8) is 0 Å². The second kappa shape index (κ2) is 5.94. The fourth-order valence-corrected chi connectivity index (χ4v) is 3.57. The second-order valence-corrected chi connectivity index (χ2v) is 6.69. The Morgan fingerprint density at radius 3 is 3.00 bits per heavy atom. The van der Waals surface area contributed by atoms with Crippen molar-refractivity contribution in [1.82, 2.24) is 14.9 Å². The number of hydrogen-bond acceptors (Lipinski definition) is 4. The molecule has 0 radical (unpaired) electrons. The molecular weight excluding hydrogens is 306 g/mol. The average Bonchev–Trinajstić information content (AvgIpc) is 3.17. The largest absolute Gasteiger partial charge is 0.493 e. The van der Waals surface area contributed by atoms with Gasteiger partial charge in [-0.05, 0) is 42.0 Å². The van der Waals surface area contributed by atoms with Crippen molar-refractivity contribution >= 4 is 5.91 Å². The van der Waals surface area contributed by atoms with Crippen LogP contribution in [-0.4, -0.2) is 33.3 Å². The van der Waals surface area contributed by atoms with Crippen molar-refractivity contribution in [3.8, 4) is 5.75 Å². The Labute approximate surface area is 140 Å². The monoisotopic (exact) mass is 327 g/mol. The first-order chi connectivity index (χ1) is 11.6. The number of benzene rings is 1. The molecule has 24 heavy (non-hydrogen) atoms. The van der Waals surface area contributed by atoms with Crippen LogP contribution in [0, 0.1) is 5.92 Å². The minimum Gasteiger partial charge on any atom is -0.493 e. The van der Waals surface area contributed by atoms with E-state index in [1.54, 1.807) is 24.1 Å². The summed E-state index contributed by atoms with van der Waals surface area (Å²) in [7, 11) is 1.80. The molecule has 1 fully saturated rings. The molecule has 0 spiro atoms. The zero-order chi connectivity index (χ0) is 16.7. The van der Waals surface area contributed by atoms with Gasteiger partial charge >= 0.3 is 0 Å². The lowest BCUT2D eigenvalue weighted by molar-refractivity contribution is 0.0234. The fraction of sp³-hybridized carbons (Fsp3) is 0.444. The Bertz CT molecular complexity index is 765. The lowest BCUT2D eigenvalue weighted by atomic mass is 9.75. The number of hydrogen-bond donors (Lipinski definition) is 2. The van der Waals surface area contributed by atoms with Gasteiger partial charge in [-0.15, -0.1) is 0 Å². The van der Waals surface area contributed by atoms with E-state index >= 15 is 0 Å². The number of carbonyl (C=O) groups is 1. The molecule has 2 N–H and O–H groups in total. The predicted octanol–water partition coefficient (Wildman–Crippen LogP) is 1.60. The predicted molar refractivity (Wildman–Crippen MR) is 87.8 cm³/mol. The number of aliphatic hydroxyl groups is 1. The van der Waals surface area contributed by atoms with Crippen molar-refractivity contribution in [3.05, 3.63) is 47.5 Å². The van der Waals surface area contributed by atoms with Gasteiger partial charge in [0.2, 0.25) is 0 Å². The molecule has 4 rings (SSSR count). The number of amides is 1. The minimum absolute atomic E-state index is 0.110. The fourth-order valence-electron chi connectivity index (χ4n) is 3.57. The van der Waals surface area contributed by atoms with Crippen LogP contribution in [0.4, 0.5) is 0 Å². The van der Waals surface area contributed by atoms with Crippen LogP contribution in [0.3, 0.4) is 0 Å². The Morgan fingerprint density at radius 1 is 1.46 bits per heavy atom. The van der Waals surface area contributed by atoms with Gasteiger partial charge in [-0.3, -0.25) is 4.79 Å². The smallest absolute Gasteiger partial charge is 0.270 e. The number of nitrogens with one attached hydrogen (secondary N) is 1. The molecule has 0 bridgehead atoms. The van der Waals surface area contributed by atoms with Gasteiger partial charge in [0.25, 0.3) is 5.91 Å². The average molecular weight is 327 g/mol.